The van der Waals surface area contributed by atoms with Gasteiger partial charge in [0.05, 0.1) is 17.0 Å². The Bertz CT molecular complexity index is 1420. The number of carbonyl (C=O) groups excluding carboxylic acids is 1. The third kappa shape index (κ3) is 3.59. The number of hydrogen-bond acceptors (Lipinski definition) is 4. The van der Waals surface area contributed by atoms with Crippen molar-refractivity contribution in [1.82, 2.24) is 4.90 Å². The van der Waals surface area contributed by atoms with Crippen LogP contribution in [0.5, 0.6) is 11.5 Å². The molecule has 0 saturated carbocycles. The van der Waals surface area contributed by atoms with E-state index in [1.54, 1.807) is 4.90 Å². The normalized spacial score (nSPS) is 15.2. The van der Waals surface area contributed by atoms with Gasteiger partial charge in [-0.1, -0.05) is 43.3 Å². The molecule has 3 aromatic carbocycles. The molecule has 0 fully saturated rings. The van der Waals surface area contributed by atoms with E-state index < -0.39 is 6.04 Å². The lowest BCUT2D eigenvalue weighted by Crippen LogP contribution is -2.30. The van der Waals surface area contributed by atoms with E-state index in [1.807, 2.05) is 87.5 Å². The van der Waals surface area contributed by atoms with Crippen LogP contribution in [-0.4, -0.2) is 17.4 Å². The second-order valence-corrected chi connectivity index (χ2v) is 8.52. The number of nitrogens with zero attached hydrogens (tertiary/aromatic N) is 1. The fraction of sp³-hybridized carbons (Fsp3) is 0.214. The lowest BCUT2D eigenvalue weighted by Gasteiger charge is -2.25. The quantitative estimate of drug-likeness (QED) is 0.374. The van der Waals surface area contributed by atoms with Crippen LogP contribution < -0.4 is 10.2 Å². The van der Waals surface area contributed by atoms with E-state index in [4.69, 9.17) is 9.15 Å². The van der Waals surface area contributed by atoms with Crippen molar-refractivity contribution in [3.05, 3.63) is 105 Å². The van der Waals surface area contributed by atoms with Gasteiger partial charge in [-0.3, -0.25) is 9.59 Å². The van der Waals surface area contributed by atoms with Crippen molar-refractivity contribution in [2.24, 2.45) is 0 Å². The Labute approximate surface area is 192 Å². The highest BCUT2D eigenvalue weighted by Gasteiger charge is 2.42. The molecule has 0 aliphatic carbocycles. The summed E-state index contributed by atoms with van der Waals surface area (Å²) in [7, 11) is 0. The number of para-hydroxylation sites is 1. The summed E-state index contributed by atoms with van der Waals surface area (Å²) in [5, 5.41) is 0.534. The molecule has 2 heterocycles. The first-order chi connectivity index (χ1) is 16.0. The number of carbonyl (C=O) groups is 1. The molecule has 1 aliphatic heterocycles. The zero-order valence-corrected chi connectivity index (χ0v) is 18.9. The monoisotopic (exact) mass is 439 g/mol. The summed E-state index contributed by atoms with van der Waals surface area (Å²) < 4.78 is 12.1. The topological polar surface area (TPSA) is 59.8 Å². The van der Waals surface area contributed by atoms with Crippen LogP contribution in [0, 0.1) is 13.8 Å². The van der Waals surface area contributed by atoms with Crippen LogP contribution in [0.1, 0.15) is 52.2 Å². The van der Waals surface area contributed by atoms with Crippen molar-refractivity contribution in [3.8, 4) is 11.5 Å². The summed E-state index contributed by atoms with van der Waals surface area (Å²) in [5.41, 5.74) is 3.38. The van der Waals surface area contributed by atoms with Crippen LogP contribution in [0.3, 0.4) is 0 Å². The first-order valence-corrected chi connectivity index (χ1v) is 11.2. The minimum atomic E-state index is -0.520. The van der Waals surface area contributed by atoms with E-state index in [2.05, 4.69) is 0 Å². The van der Waals surface area contributed by atoms with Gasteiger partial charge in [0.25, 0.3) is 5.91 Å². The van der Waals surface area contributed by atoms with E-state index in [9.17, 15) is 9.59 Å². The third-order valence-electron chi connectivity index (χ3n) is 6.03. The number of benzene rings is 3. The third-order valence-corrected chi connectivity index (χ3v) is 6.03. The molecule has 166 valence electrons. The van der Waals surface area contributed by atoms with E-state index in [-0.39, 0.29) is 17.1 Å². The summed E-state index contributed by atoms with van der Waals surface area (Å²) in [6.45, 7) is 6.39. The molecule has 5 nitrogen and oxygen atoms in total. The lowest BCUT2D eigenvalue weighted by atomic mass is 9.96. The average molecular weight is 440 g/mol. The zero-order chi connectivity index (χ0) is 23.1. The molecule has 0 radical (unpaired) electrons. The fourth-order valence-corrected chi connectivity index (χ4v) is 4.70. The van der Waals surface area contributed by atoms with Crippen LogP contribution in [0.2, 0.25) is 0 Å². The van der Waals surface area contributed by atoms with Gasteiger partial charge >= 0.3 is 0 Å². The maximum atomic E-state index is 13.7. The van der Waals surface area contributed by atoms with Crippen LogP contribution in [0.25, 0.3) is 11.0 Å². The van der Waals surface area contributed by atoms with Gasteiger partial charge in [-0.15, -0.1) is 0 Å². The Morgan fingerprint density at radius 1 is 0.939 bits per heavy atom. The molecule has 1 unspecified atom stereocenters. The van der Waals surface area contributed by atoms with Gasteiger partial charge in [-0.05, 0) is 67.3 Å². The summed E-state index contributed by atoms with van der Waals surface area (Å²) >= 11 is 0. The van der Waals surface area contributed by atoms with Crippen molar-refractivity contribution in [2.75, 3.05) is 6.54 Å². The van der Waals surface area contributed by atoms with Crippen LogP contribution in [-0.2, 0) is 0 Å². The second kappa shape index (κ2) is 8.24. The number of rotatable bonds is 5. The zero-order valence-electron chi connectivity index (χ0n) is 18.9. The van der Waals surface area contributed by atoms with Gasteiger partial charge in [-0.25, -0.2) is 0 Å². The molecular weight excluding hydrogens is 414 g/mol. The first kappa shape index (κ1) is 21.0. The smallest absolute Gasteiger partial charge is 0.290 e. The number of aryl methyl sites for hydroxylation is 2. The molecule has 4 aromatic rings. The van der Waals surface area contributed by atoms with Gasteiger partial charge in [0.15, 0.2) is 5.43 Å². The van der Waals surface area contributed by atoms with E-state index >= 15 is 0 Å². The number of amides is 1. The van der Waals surface area contributed by atoms with Gasteiger partial charge < -0.3 is 14.1 Å². The second-order valence-electron chi connectivity index (χ2n) is 8.52. The SMILES string of the molecule is CCCN1C(=O)c2oc3cc(C)cc(C)c3c(=O)c2C1c1cccc(Oc2ccccc2)c1. The molecule has 0 saturated heterocycles. The van der Waals surface area contributed by atoms with Crippen molar-refractivity contribution in [1.29, 1.82) is 0 Å². The maximum absolute atomic E-state index is 13.7. The summed E-state index contributed by atoms with van der Waals surface area (Å²) in [4.78, 5) is 28.8. The highest BCUT2D eigenvalue weighted by atomic mass is 16.5. The molecule has 0 spiro atoms. The molecule has 1 aromatic heterocycles. The van der Waals surface area contributed by atoms with Crippen molar-refractivity contribution < 1.29 is 13.9 Å². The predicted molar refractivity (Wildman–Crippen MR) is 128 cm³/mol. The van der Waals surface area contributed by atoms with E-state index in [0.29, 0.717) is 28.8 Å². The summed E-state index contributed by atoms with van der Waals surface area (Å²) in [5.74, 6) is 1.27. The van der Waals surface area contributed by atoms with Crippen LogP contribution in [0.15, 0.2) is 75.9 Å². The first-order valence-electron chi connectivity index (χ1n) is 11.2. The van der Waals surface area contributed by atoms with Gasteiger partial charge in [0, 0.05) is 6.54 Å². The molecule has 5 rings (SSSR count). The molecule has 33 heavy (non-hydrogen) atoms. The van der Waals surface area contributed by atoms with Gasteiger partial charge in [0.2, 0.25) is 5.76 Å². The Kier molecular flexibility index (Phi) is 5.25. The minimum absolute atomic E-state index is 0.143. The average Bonchev–Trinajstić information content (AvgIpc) is 3.06. The molecule has 1 atom stereocenters. The Morgan fingerprint density at radius 2 is 1.70 bits per heavy atom. The van der Waals surface area contributed by atoms with Crippen LogP contribution in [0.4, 0.5) is 0 Å². The summed E-state index contributed by atoms with van der Waals surface area (Å²) in [6, 6.07) is 20.4. The molecule has 0 bridgehead atoms. The Morgan fingerprint density at radius 3 is 2.45 bits per heavy atom. The number of hydrogen-bond donors (Lipinski definition) is 0. The standard InChI is InChI=1S/C28H25NO4/c1-4-13-29-25(19-9-8-12-21(16-19)32-20-10-6-5-7-11-20)24-26(30)23-18(3)14-17(2)15-22(23)33-27(24)28(29)31/h5-12,14-16,25H,4,13H2,1-3H3. The number of ether oxygens (including phenoxy) is 1. The minimum Gasteiger partial charge on any atom is -0.457 e. The van der Waals surface area contributed by atoms with Crippen molar-refractivity contribution in [2.45, 2.75) is 33.2 Å². The predicted octanol–water partition coefficient (Wildman–Crippen LogP) is 6.16. The Hall–Kier alpha value is -3.86. The van der Waals surface area contributed by atoms with Crippen molar-refractivity contribution in [3.63, 3.8) is 0 Å². The van der Waals surface area contributed by atoms with E-state index in [0.717, 1.165) is 28.9 Å². The summed E-state index contributed by atoms with van der Waals surface area (Å²) in [6.07, 6.45) is 0.766. The van der Waals surface area contributed by atoms with Crippen molar-refractivity contribution >= 4 is 16.9 Å². The highest BCUT2D eigenvalue weighted by Crippen LogP contribution is 2.40. The maximum Gasteiger partial charge on any atom is 0.290 e. The molecule has 1 amide bonds. The lowest BCUT2D eigenvalue weighted by molar-refractivity contribution is 0.0728. The van der Waals surface area contributed by atoms with E-state index in [1.165, 1.54) is 0 Å². The number of fused-ring (bicyclic) bond motifs is 2. The van der Waals surface area contributed by atoms with Gasteiger partial charge in [0.1, 0.15) is 17.1 Å². The molecule has 1 aliphatic rings. The van der Waals surface area contributed by atoms with Gasteiger partial charge in [-0.2, -0.15) is 0 Å². The van der Waals surface area contributed by atoms with Crippen LogP contribution >= 0.6 is 0 Å². The Balaban J connectivity index is 1.68. The molecule has 5 heteroatoms. The largest absolute Gasteiger partial charge is 0.457 e. The fourth-order valence-electron chi connectivity index (χ4n) is 4.70. The highest BCUT2D eigenvalue weighted by molar-refractivity contribution is 5.99. The molecule has 0 N–H and O–H groups in total. The molecular formula is C28H25NO4.